The lowest BCUT2D eigenvalue weighted by atomic mass is 10.00. The Kier molecular flexibility index (Phi) is 2.67. The zero-order valence-electron chi connectivity index (χ0n) is 10.4. The van der Waals surface area contributed by atoms with E-state index in [-0.39, 0.29) is 5.91 Å². The molecule has 1 fully saturated rings. The van der Waals surface area contributed by atoms with E-state index >= 15 is 0 Å². The van der Waals surface area contributed by atoms with Crippen LogP contribution in [-0.2, 0) is 0 Å². The molecule has 0 atom stereocenters. The molecule has 0 bridgehead atoms. The van der Waals surface area contributed by atoms with Crippen LogP contribution in [0.4, 0.5) is 0 Å². The van der Waals surface area contributed by atoms with Crippen LogP contribution in [0.2, 0.25) is 0 Å². The fourth-order valence-electron chi connectivity index (χ4n) is 2.06. The van der Waals surface area contributed by atoms with Crippen LogP contribution >= 0.6 is 0 Å². The molecule has 3 nitrogen and oxygen atoms in total. The van der Waals surface area contributed by atoms with Gasteiger partial charge in [0.05, 0.1) is 0 Å². The predicted molar refractivity (Wildman–Crippen MR) is 71.5 cm³/mol. The van der Waals surface area contributed by atoms with Crippen LogP contribution in [0.25, 0.3) is 11.1 Å². The van der Waals surface area contributed by atoms with Crippen LogP contribution in [0, 0.1) is 6.92 Å². The molecular formula is C15H16N2O. The number of carbonyl (C=O) groups is 1. The number of rotatable bonds is 3. The fraction of sp³-hybridized carbons (Fsp3) is 0.267. The van der Waals surface area contributed by atoms with Gasteiger partial charge in [-0.25, -0.2) is 0 Å². The molecule has 2 N–H and O–H groups in total. The van der Waals surface area contributed by atoms with E-state index in [9.17, 15) is 4.79 Å². The van der Waals surface area contributed by atoms with Gasteiger partial charge in [0.1, 0.15) is 0 Å². The molecule has 1 amide bonds. The first-order valence-corrected chi connectivity index (χ1v) is 6.29. The van der Waals surface area contributed by atoms with Gasteiger partial charge in [-0.1, -0.05) is 6.07 Å². The monoisotopic (exact) mass is 240 g/mol. The molecule has 92 valence electrons. The van der Waals surface area contributed by atoms with Crippen molar-refractivity contribution in [3.63, 3.8) is 0 Å². The van der Waals surface area contributed by atoms with Crippen LogP contribution in [0.1, 0.15) is 28.8 Å². The number of H-pyrrole nitrogens is 1. The van der Waals surface area contributed by atoms with Gasteiger partial charge < -0.3 is 10.3 Å². The highest BCUT2D eigenvalue weighted by molar-refractivity contribution is 5.96. The molecule has 1 saturated carbocycles. The summed E-state index contributed by atoms with van der Waals surface area (Å²) >= 11 is 0. The quantitative estimate of drug-likeness (QED) is 0.851. The lowest BCUT2D eigenvalue weighted by Gasteiger charge is -2.08. The van der Waals surface area contributed by atoms with Crippen molar-refractivity contribution in [2.45, 2.75) is 25.8 Å². The molecule has 3 rings (SSSR count). The molecule has 0 saturated heterocycles. The zero-order chi connectivity index (χ0) is 12.5. The summed E-state index contributed by atoms with van der Waals surface area (Å²) in [7, 11) is 0. The number of nitrogens with one attached hydrogen (secondary N) is 2. The van der Waals surface area contributed by atoms with E-state index < -0.39 is 0 Å². The van der Waals surface area contributed by atoms with Crippen molar-refractivity contribution in [2.75, 3.05) is 0 Å². The summed E-state index contributed by atoms with van der Waals surface area (Å²) in [5.74, 6) is 0.0364. The highest BCUT2D eigenvalue weighted by atomic mass is 16.1. The molecule has 1 aromatic carbocycles. The Balaban J connectivity index is 1.92. The van der Waals surface area contributed by atoms with Crippen molar-refractivity contribution in [2.24, 2.45) is 0 Å². The second-order valence-corrected chi connectivity index (χ2v) is 4.88. The van der Waals surface area contributed by atoms with Gasteiger partial charge in [-0.05, 0) is 54.7 Å². The Bertz CT molecular complexity index is 568. The minimum Gasteiger partial charge on any atom is -0.367 e. The van der Waals surface area contributed by atoms with E-state index in [1.165, 1.54) is 5.56 Å². The topological polar surface area (TPSA) is 44.9 Å². The second-order valence-electron chi connectivity index (χ2n) is 4.88. The zero-order valence-corrected chi connectivity index (χ0v) is 10.4. The third-order valence-electron chi connectivity index (χ3n) is 3.32. The van der Waals surface area contributed by atoms with E-state index in [1.54, 1.807) is 0 Å². The second kappa shape index (κ2) is 4.33. The Morgan fingerprint density at radius 2 is 2.17 bits per heavy atom. The molecule has 2 aromatic rings. The SMILES string of the molecule is Cc1ccc(C(=O)NC2CC2)cc1-c1cc[nH]c1. The largest absolute Gasteiger partial charge is 0.367 e. The number of aromatic amines is 1. The van der Waals surface area contributed by atoms with E-state index in [2.05, 4.69) is 17.2 Å². The number of aryl methyl sites for hydroxylation is 1. The Morgan fingerprint density at radius 1 is 1.33 bits per heavy atom. The minimum absolute atomic E-state index is 0.0364. The van der Waals surface area contributed by atoms with Crippen molar-refractivity contribution in [1.29, 1.82) is 0 Å². The molecule has 1 aromatic heterocycles. The van der Waals surface area contributed by atoms with E-state index in [0.717, 1.165) is 29.5 Å². The van der Waals surface area contributed by atoms with Gasteiger partial charge in [0.25, 0.3) is 5.91 Å². The van der Waals surface area contributed by atoms with Gasteiger partial charge in [0.15, 0.2) is 0 Å². The average Bonchev–Trinajstić information content (AvgIpc) is 3.01. The van der Waals surface area contributed by atoms with Crippen LogP contribution in [0.3, 0.4) is 0 Å². The van der Waals surface area contributed by atoms with Crippen molar-refractivity contribution >= 4 is 5.91 Å². The summed E-state index contributed by atoms with van der Waals surface area (Å²) < 4.78 is 0. The Morgan fingerprint density at radius 3 is 2.83 bits per heavy atom. The van der Waals surface area contributed by atoms with Gasteiger partial charge >= 0.3 is 0 Å². The molecule has 3 heteroatoms. The first-order valence-electron chi connectivity index (χ1n) is 6.29. The van der Waals surface area contributed by atoms with Crippen molar-refractivity contribution in [1.82, 2.24) is 10.3 Å². The van der Waals surface area contributed by atoms with Gasteiger partial charge in [-0.15, -0.1) is 0 Å². The smallest absolute Gasteiger partial charge is 0.251 e. The summed E-state index contributed by atoms with van der Waals surface area (Å²) in [4.78, 5) is 15.1. The predicted octanol–water partition coefficient (Wildman–Crippen LogP) is 2.88. The highest BCUT2D eigenvalue weighted by Gasteiger charge is 2.23. The van der Waals surface area contributed by atoms with E-state index in [1.807, 2.05) is 36.7 Å². The third-order valence-corrected chi connectivity index (χ3v) is 3.32. The molecule has 0 spiro atoms. The maximum Gasteiger partial charge on any atom is 0.251 e. The molecule has 1 aliphatic carbocycles. The van der Waals surface area contributed by atoms with Crippen molar-refractivity contribution < 1.29 is 4.79 Å². The maximum atomic E-state index is 12.0. The minimum atomic E-state index is 0.0364. The molecule has 0 unspecified atom stereocenters. The van der Waals surface area contributed by atoms with Crippen LogP contribution in [0.5, 0.6) is 0 Å². The maximum absolute atomic E-state index is 12.0. The number of amides is 1. The number of hydrogen-bond acceptors (Lipinski definition) is 1. The molecule has 1 heterocycles. The summed E-state index contributed by atoms with van der Waals surface area (Å²) in [6.07, 6.45) is 6.07. The average molecular weight is 240 g/mol. The lowest BCUT2D eigenvalue weighted by molar-refractivity contribution is 0.0951. The first kappa shape index (κ1) is 11.1. The fourth-order valence-corrected chi connectivity index (χ4v) is 2.06. The highest BCUT2D eigenvalue weighted by Crippen LogP contribution is 2.25. The molecule has 18 heavy (non-hydrogen) atoms. The van der Waals surface area contributed by atoms with Crippen molar-refractivity contribution in [3.05, 3.63) is 47.8 Å². The van der Waals surface area contributed by atoms with Crippen molar-refractivity contribution in [3.8, 4) is 11.1 Å². The Hall–Kier alpha value is -2.03. The van der Waals surface area contributed by atoms with Crippen LogP contribution in [0.15, 0.2) is 36.7 Å². The van der Waals surface area contributed by atoms with Gasteiger partial charge in [0.2, 0.25) is 0 Å². The summed E-state index contributed by atoms with van der Waals surface area (Å²) in [6.45, 7) is 2.06. The van der Waals surface area contributed by atoms with E-state index in [4.69, 9.17) is 0 Å². The molecule has 0 radical (unpaired) electrons. The summed E-state index contributed by atoms with van der Waals surface area (Å²) in [5, 5.41) is 3.02. The van der Waals surface area contributed by atoms with Crippen LogP contribution in [-0.4, -0.2) is 16.9 Å². The first-order chi connectivity index (χ1) is 8.74. The Labute approximate surface area is 106 Å². The molecule has 0 aliphatic heterocycles. The third kappa shape index (κ3) is 2.16. The number of benzene rings is 1. The number of aromatic nitrogens is 1. The number of hydrogen-bond donors (Lipinski definition) is 2. The summed E-state index contributed by atoms with van der Waals surface area (Å²) in [5.41, 5.74) is 4.15. The normalized spacial score (nSPS) is 14.5. The van der Waals surface area contributed by atoms with E-state index in [0.29, 0.717) is 6.04 Å². The molecule has 1 aliphatic rings. The van der Waals surface area contributed by atoms with Gasteiger partial charge in [-0.2, -0.15) is 0 Å². The molecular weight excluding hydrogens is 224 g/mol. The van der Waals surface area contributed by atoms with Gasteiger partial charge in [-0.3, -0.25) is 4.79 Å². The number of carbonyl (C=O) groups excluding carboxylic acids is 1. The van der Waals surface area contributed by atoms with Gasteiger partial charge in [0, 0.05) is 24.0 Å². The standard InChI is InChI=1S/C15H16N2O/c1-10-2-3-11(15(18)17-13-4-5-13)8-14(10)12-6-7-16-9-12/h2-3,6-9,13,16H,4-5H2,1H3,(H,17,18). The van der Waals surface area contributed by atoms with Crippen LogP contribution < -0.4 is 5.32 Å². The summed E-state index contributed by atoms with van der Waals surface area (Å²) in [6, 6.07) is 8.28. The lowest BCUT2D eigenvalue weighted by Crippen LogP contribution is -2.25.